The lowest BCUT2D eigenvalue weighted by Crippen LogP contribution is -2.19. The van der Waals surface area contributed by atoms with Crippen LogP contribution in [0.3, 0.4) is 0 Å². The molecule has 1 atom stereocenters. The van der Waals surface area contributed by atoms with Crippen LogP contribution in [-0.4, -0.2) is 15.5 Å². The number of primary amides is 1. The number of benzene rings is 2. The molecule has 0 radical (unpaired) electrons. The van der Waals surface area contributed by atoms with Crippen molar-refractivity contribution in [2.75, 3.05) is 0 Å². The number of alkyl halides is 2. The Morgan fingerprint density at radius 2 is 1.74 bits per heavy atom. The van der Waals surface area contributed by atoms with Gasteiger partial charge < -0.3 is 5.73 Å². The summed E-state index contributed by atoms with van der Waals surface area (Å²) in [6.07, 6.45) is 0. The summed E-state index contributed by atoms with van der Waals surface area (Å²) in [6.45, 7) is -2.76. The number of halogens is 2. The Morgan fingerprint density at radius 3 is 2.39 bits per heavy atom. The van der Waals surface area contributed by atoms with Crippen molar-refractivity contribution < 1.29 is 13.6 Å². The second kappa shape index (κ2) is 6.37. The van der Waals surface area contributed by atoms with Crippen molar-refractivity contribution in [2.45, 2.75) is 17.0 Å². The van der Waals surface area contributed by atoms with E-state index in [0.29, 0.717) is 16.6 Å². The Bertz CT molecular complexity index is 836. The third-order valence-electron chi connectivity index (χ3n) is 3.34. The SMILES string of the molecule is NC(=O)[C@H](Sc1nc2ccccc2n1C(F)F)c1ccccc1. The first-order valence-electron chi connectivity index (χ1n) is 6.84. The highest BCUT2D eigenvalue weighted by Crippen LogP contribution is 2.38. The van der Waals surface area contributed by atoms with Gasteiger partial charge in [0, 0.05) is 0 Å². The Labute approximate surface area is 135 Å². The van der Waals surface area contributed by atoms with E-state index in [4.69, 9.17) is 5.73 Å². The number of amides is 1. The van der Waals surface area contributed by atoms with Gasteiger partial charge in [-0.05, 0) is 17.7 Å². The van der Waals surface area contributed by atoms with Gasteiger partial charge in [-0.3, -0.25) is 9.36 Å². The van der Waals surface area contributed by atoms with Crippen LogP contribution < -0.4 is 5.73 Å². The molecule has 0 saturated heterocycles. The van der Waals surface area contributed by atoms with Gasteiger partial charge in [0.25, 0.3) is 0 Å². The van der Waals surface area contributed by atoms with E-state index in [9.17, 15) is 13.6 Å². The van der Waals surface area contributed by atoms with E-state index in [1.54, 1.807) is 54.6 Å². The number of rotatable bonds is 5. The molecule has 23 heavy (non-hydrogen) atoms. The summed E-state index contributed by atoms with van der Waals surface area (Å²) in [5.74, 6) is -0.603. The Hall–Kier alpha value is -2.41. The minimum absolute atomic E-state index is 0.0638. The molecule has 1 heterocycles. The standard InChI is InChI=1S/C16H13F2N3OS/c17-15(18)21-12-9-5-4-8-11(12)20-16(21)23-13(14(19)22)10-6-2-1-3-7-10/h1-9,13,15H,(H2,19,22)/t13-/m1/s1. The van der Waals surface area contributed by atoms with E-state index in [0.717, 1.165) is 16.3 Å². The fourth-order valence-corrected chi connectivity index (χ4v) is 3.38. The number of fused-ring (bicyclic) bond motifs is 1. The average molecular weight is 333 g/mol. The lowest BCUT2D eigenvalue weighted by Gasteiger charge is -2.14. The van der Waals surface area contributed by atoms with E-state index < -0.39 is 17.7 Å². The van der Waals surface area contributed by atoms with E-state index >= 15 is 0 Å². The molecule has 0 spiro atoms. The van der Waals surface area contributed by atoms with Crippen molar-refractivity contribution >= 4 is 28.7 Å². The largest absolute Gasteiger partial charge is 0.368 e. The molecule has 3 aromatic rings. The number of para-hydroxylation sites is 2. The summed E-state index contributed by atoms with van der Waals surface area (Å²) < 4.78 is 27.7. The maximum absolute atomic E-state index is 13.4. The number of hydrogen-bond acceptors (Lipinski definition) is 3. The first-order valence-corrected chi connectivity index (χ1v) is 7.72. The molecule has 0 aliphatic carbocycles. The first-order chi connectivity index (χ1) is 11.1. The fraction of sp³-hybridized carbons (Fsp3) is 0.125. The fourth-order valence-electron chi connectivity index (χ4n) is 2.32. The summed E-state index contributed by atoms with van der Waals surface area (Å²) in [7, 11) is 0. The molecule has 0 aliphatic rings. The molecule has 118 valence electrons. The molecule has 2 N–H and O–H groups in total. The van der Waals surface area contributed by atoms with Crippen molar-refractivity contribution in [3.63, 3.8) is 0 Å². The maximum atomic E-state index is 13.4. The van der Waals surface area contributed by atoms with Gasteiger partial charge in [0.2, 0.25) is 5.91 Å². The zero-order valence-electron chi connectivity index (χ0n) is 11.9. The van der Waals surface area contributed by atoms with Crippen LogP contribution in [0.1, 0.15) is 17.4 Å². The molecule has 0 fully saturated rings. The summed E-state index contributed by atoms with van der Waals surface area (Å²) in [5, 5.41) is -0.723. The molecule has 2 aromatic carbocycles. The molecule has 1 aromatic heterocycles. The van der Waals surface area contributed by atoms with Gasteiger partial charge in [0.15, 0.2) is 5.16 Å². The van der Waals surface area contributed by atoms with E-state index in [1.165, 1.54) is 0 Å². The predicted molar refractivity (Wildman–Crippen MR) is 85.2 cm³/mol. The first kappa shape index (κ1) is 15.5. The minimum atomic E-state index is -2.76. The summed E-state index contributed by atoms with van der Waals surface area (Å²) in [4.78, 5) is 16.0. The second-order valence-corrected chi connectivity index (χ2v) is 5.91. The van der Waals surface area contributed by atoms with Crippen LogP contribution in [0, 0.1) is 0 Å². The molecule has 4 nitrogen and oxygen atoms in total. The second-order valence-electron chi connectivity index (χ2n) is 4.84. The van der Waals surface area contributed by atoms with Crippen LogP contribution in [0.15, 0.2) is 59.8 Å². The monoisotopic (exact) mass is 333 g/mol. The predicted octanol–water partition coefficient (Wildman–Crippen LogP) is 3.75. The molecular weight excluding hydrogens is 320 g/mol. The van der Waals surface area contributed by atoms with Gasteiger partial charge in [0.1, 0.15) is 5.25 Å². The highest BCUT2D eigenvalue weighted by Gasteiger charge is 2.25. The molecule has 0 bridgehead atoms. The number of imidazole rings is 1. The normalized spacial score (nSPS) is 12.7. The van der Waals surface area contributed by atoms with Gasteiger partial charge in [-0.15, -0.1) is 0 Å². The molecule has 0 saturated carbocycles. The van der Waals surface area contributed by atoms with Crippen molar-refractivity contribution in [2.24, 2.45) is 5.73 Å². The van der Waals surface area contributed by atoms with Crippen LogP contribution in [0.5, 0.6) is 0 Å². The van der Waals surface area contributed by atoms with Crippen LogP contribution in [0.25, 0.3) is 11.0 Å². The lowest BCUT2D eigenvalue weighted by molar-refractivity contribution is -0.117. The number of nitrogens with zero attached hydrogens (tertiary/aromatic N) is 2. The zero-order chi connectivity index (χ0) is 16.4. The van der Waals surface area contributed by atoms with Gasteiger partial charge in [-0.1, -0.05) is 54.2 Å². The molecule has 7 heteroatoms. The number of nitrogens with two attached hydrogens (primary N) is 1. The van der Waals surface area contributed by atoms with Gasteiger partial charge in [0.05, 0.1) is 11.0 Å². The molecule has 0 unspecified atom stereocenters. The maximum Gasteiger partial charge on any atom is 0.321 e. The molecule has 3 rings (SSSR count). The molecule has 1 amide bonds. The van der Waals surface area contributed by atoms with E-state index in [-0.39, 0.29) is 5.16 Å². The summed E-state index contributed by atoms with van der Waals surface area (Å²) in [5.41, 5.74) is 6.87. The van der Waals surface area contributed by atoms with Gasteiger partial charge >= 0.3 is 6.55 Å². The quantitative estimate of drug-likeness (QED) is 0.723. The number of carbonyl (C=O) groups is 1. The highest BCUT2D eigenvalue weighted by molar-refractivity contribution is 8.00. The zero-order valence-corrected chi connectivity index (χ0v) is 12.7. The topological polar surface area (TPSA) is 60.9 Å². The molecular formula is C16H13F2N3OS. The number of thioether (sulfide) groups is 1. The van der Waals surface area contributed by atoms with Gasteiger partial charge in [-0.25, -0.2) is 4.98 Å². The molecule has 0 aliphatic heterocycles. The van der Waals surface area contributed by atoms with Crippen LogP contribution in [-0.2, 0) is 4.79 Å². The third kappa shape index (κ3) is 3.05. The highest BCUT2D eigenvalue weighted by atomic mass is 32.2. The van der Waals surface area contributed by atoms with Crippen LogP contribution in [0.2, 0.25) is 0 Å². The average Bonchev–Trinajstić information content (AvgIpc) is 2.91. The van der Waals surface area contributed by atoms with Gasteiger partial charge in [-0.2, -0.15) is 8.78 Å². The summed E-state index contributed by atoms with van der Waals surface area (Å²) >= 11 is 0.928. The van der Waals surface area contributed by atoms with Crippen molar-refractivity contribution in [1.82, 2.24) is 9.55 Å². The van der Waals surface area contributed by atoms with Crippen molar-refractivity contribution in [3.8, 4) is 0 Å². The van der Waals surface area contributed by atoms with E-state index in [2.05, 4.69) is 4.98 Å². The van der Waals surface area contributed by atoms with Crippen molar-refractivity contribution in [3.05, 3.63) is 60.2 Å². The van der Waals surface area contributed by atoms with E-state index in [1.807, 2.05) is 0 Å². The number of carbonyl (C=O) groups excluding carboxylic acids is 1. The minimum Gasteiger partial charge on any atom is -0.368 e. The van der Waals surface area contributed by atoms with Crippen molar-refractivity contribution in [1.29, 1.82) is 0 Å². The smallest absolute Gasteiger partial charge is 0.321 e. The lowest BCUT2D eigenvalue weighted by atomic mass is 10.1. The Kier molecular flexibility index (Phi) is 4.29. The Morgan fingerprint density at radius 1 is 1.09 bits per heavy atom. The third-order valence-corrected chi connectivity index (χ3v) is 4.58. The number of hydrogen-bond donors (Lipinski definition) is 1. The van der Waals surface area contributed by atoms with Crippen LogP contribution in [0.4, 0.5) is 8.78 Å². The Balaban J connectivity index is 2.05. The number of aromatic nitrogens is 2. The summed E-state index contributed by atoms with van der Waals surface area (Å²) in [6, 6.07) is 15.4. The van der Waals surface area contributed by atoms with Crippen LogP contribution >= 0.6 is 11.8 Å².